The van der Waals surface area contributed by atoms with Crippen molar-refractivity contribution in [3.8, 4) is 0 Å². The minimum Gasteiger partial charge on any atom is -0.0768 e. The third-order valence-corrected chi connectivity index (χ3v) is 5.59. The van der Waals surface area contributed by atoms with E-state index in [1.165, 1.54) is 32.1 Å². The molecule has 1 heteroatoms. The predicted molar refractivity (Wildman–Crippen MR) is 61.5 cm³/mol. The zero-order chi connectivity index (χ0) is 9.47. The highest BCUT2D eigenvalue weighted by Crippen LogP contribution is 2.38. The summed E-state index contributed by atoms with van der Waals surface area (Å²) in [6, 6.07) is 0. The fraction of sp³-hybridized carbons (Fsp3) is 0.667. The fourth-order valence-electron chi connectivity index (χ4n) is 2.34. The molecule has 0 bridgehead atoms. The van der Waals surface area contributed by atoms with Crippen LogP contribution in [-0.2, 0) is 0 Å². The van der Waals surface area contributed by atoms with E-state index in [1.54, 1.807) is 16.3 Å². The van der Waals surface area contributed by atoms with Crippen LogP contribution in [0.15, 0.2) is 22.4 Å². The number of rotatable bonds is 1. The molecule has 0 aromatic heterocycles. The summed E-state index contributed by atoms with van der Waals surface area (Å²) < 4.78 is 0. The molecular formula is C12H20Si. The first-order valence-electron chi connectivity index (χ1n) is 5.49. The zero-order valence-electron chi connectivity index (χ0n) is 9.11. The van der Waals surface area contributed by atoms with Crippen LogP contribution < -0.4 is 0 Å². The largest absolute Gasteiger partial charge is 0.0768 e. The average Bonchev–Trinajstić information content (AvgIpc) is 2.45. The third kappa shape index (κ3) is 1.80. The Morgan fingerprint density at radius 3 is 2.38 bits per heavy atom. The lowest BCUT2D eigenvalue weighted by Gasteiger charge is -2.18. The quantitative estimate of drug-likeness (QED) is 0.550. The molecule has 0 spiro atoms. The summed E-state index contributed by atoms with van der Waals surface area (Å²) in [6.45, 7) is 7.41. The molecule has 72 valence electrons. The van der Waals surface area contributed by atoms with Gasteiger partial charge in [-0.05, 0) is 37.7 Å². The van der Waals surface area contributed by atoms with Gasteiger partial charge in [-0.2, -0.15) is 0 Å². The van der Waals surface area contributed by atoms with Gasteiger partial charge in [0.2, 0.25) is 0 Å². The van der Waals surface area contributed by atoms with Crippen LogP contribution >= 0.6 is 0 Å². The Kier molecular flexibility index (Phi) is 2.23. The molecule has 0 N–H and O–H groups in total. The van der Waals surface area contributed by atoms with E-state index in [1.807, 2.05) is 0 Å². The van der Waals surface area contributed by atoms with Crippen molar-refractivity contribution in [3.05, 3.63) is 22.4 Å². The summed E-state index contributed by atoms with van der Waals surface area (Å²) in [6.07, 6.45) is 9.49. The average molecular weight is 192 g/mol. The van der Waals surface area contributed by atoms with Crippen molar-refractivity contribution in [2.45, 2.75) is 51.7 Å². The summed E-state index contributed by atoms with van der Waals surface area (Å²) in [5.74, 6) is 0. The predicted octanol–water partition coefficient (Wildman–Crippen LogP) is 4.06. The van der Waals surface area contributed by atoms with Crippen LogP contribution in [0.3, 0.4) is 0 Å². The van der Waals surface area contributed by atoms with Gasteiger partial charge in [-0.15, -0.1) is 0 Å². The summed E-state index contributed by atoms with van der Waals surface area (Å²) in [4.78, 5) is 0. The summed E-state index contributed by atoms with van der Waals surface area (Å²) in [5.41, 5.74) is 3.49. The van der Waals surface area contributed by atoms with Crippen molar-refractivity contribution in [1.82, 2.24) is 0 Å². The van der Waals surface area contributed by atoms with Gasteiger partial charge in [0.05, 0.1) is 8.07 Å². The first-order chi connectivity index (χ1) is 6.07. The van der Waals surface area contributed by atoms with Crippen LogP contribution in [0.2, 0.25) is 19.6 Å². The van der Waals surface area contributed by atoms with Crippen molar-refractivity contribution in [3.63, 3.8) is 0 Å². The molecule has 0 fully saturated rings. The van der Waals surface area contributed by atoms with Gasteiger partial charge >= 0.3 is 0 Å². The molecule has 0 saturated carbocycles. The van der Waals surface area contributed by atoms with Gasteiger partial charge in [0.1, 0.15) is 0 Å². The minimum absolute atomic E-state index is 0.993. The molecule has 0 radical (unpaired) electrons. The van der Waals surface area contributed by atoms with E-state index in [2.05, 4.69) is 25.7 Å². The summed E-state index contributed by atoms with van der Waals surface area (Å²) >= 11 is 0. The molecule has 2 aliphatic rings. The van der Waals surface area contributed by atoms with Crippen molar-refractivity contribution >= 4 is 8.07 Å². The molecule has 13 heavy (non-hydrogen) atoms. The van der Waals surface area contributed by atoms with E-state index in [0.717, 1.165) is 0 Å². The van der Waals surface area contributed by atoms with E-state index in [9.17, 15) is 0 Å². The topological polar surface area (TPSA) is 0 Å². The molecule has 0 heterocycles. The zero-order valence-corrected chi connectivity index (χ0v) is 10.1. The Hall–Kier alpha value is -0.303. The molecule has 0 amide bonds. The monoisotopic (exact) mass is 192 g/mol. The Balaban J connectivity index is 2.17. The maximum absolute atomic E-state index is 2.54. The third-order valence-electron chi connectivity index (χ3n) is 3.34. The van der Waals surface area contributed by atoms with Crippen LogP contribution in [0.25, 0.3) is 0 Å². The number of hydrogen-bond donors (Lipinski definition) is 0. The molecule has 0 aromatic carbocycles. The van der Waals surface area contributed by atoms with Gasteiger partial charge in [-0.25, -0.2) is 0 Å². The lowest BCUT2D eigenvalue weighted by atomic mass is 9.94. The Bertz CT molecular complexity index is 276. The van der Waals surface area contributed by atoms with E-state index in [4.69, 9.17) is 0 Å². The first-order valence-corrected chi connectivity index (χ1v) is 8.99. The Morgan fingerprint density at radius 2 is 1.77 bits per heavy atom. The first kappa shape index (κ1) is 9.26. The Labute approximate surface area is 82.7 Å². The molecule has 0 saturated heterocycles. The van der Waals surface area contributed by atoms with E-state index in [0.29, 0.717) is 0 Å². The molecule has 2 aliphatic carbocycles. The Morgan fingerprint density at radius 1 is 1.08 bits per heavy atom. The molecule has 0 aromatic rings. The lowest BCUT2D eigenvalue weighted by molar-refractivity contribution is 0.680. The second kappa shape index (κ2) is 3.12. The standard InChI is InChI=1S/C12H20Si/c1-13(2,3)12-8-10-6-4-5-7-11(10)9-12/h8H,4-7,9H2,1-3H3. The van der Waals surface area contributed by atoms with Gasteiger partial charge in [0.25, 0.3) is 0 Å². The van der Waals surface area contributed by atoms with Gasteiger partial charge < -0.3 is 0 Å². The highest BCUT2D eigenvalue weighted by Gasteiger charge is 2.26. The highest BCUT2D eigenvalue weighted by molar-refractivity contribution is 6.83. The van der Waals surface area contributed by atoms with Gasteiger partial charge in [-0.3, -0.25) is 0 Å². The molecule has 0 nitrogen and oxygen atoms in total. The van der Waals surface area contributed by atoms with Crippen molar-refractivity contribution < 1.29 is 0 Å². The molecule has 2 rings (SSSR count). The molecule has 0 unspecified atom stereocenters. The van der Waals surface area contributed by atoms with Gasteiger partial charge in [0, 0.05) is 0 Å². The van der Waals surface area contributed by atoms with E-state index < -0.39 is 8.07 Å². The second-order valence-electron chi connectivity index (χ2n) is 5.43. The molecular weight excluding hydrogens is 172 g/mol. The summed E-state index contributed by atoms with van der Waals surface area (Å²) in [7, 11) is -0.993. The number of hydrogen-bond acceptors (Lipinski definition) is 0. The molecule has 0 atom stereocenters. The van der Waals surface area contributed by atoms with Crippen LogP contribution in [0, 0.1) is 0 Å². The van der Waals surface area contributed by atoms with Gasteiger partial charge in [-0.1, -0.05) is 36.5 Å². The maximum atomic E-state index is 2.54. The van der Waals surface area contributed by atoms with Gasteiger partial charge in [0.15, 0.2) is 0 Å². The van der Waals surface area contributed by atoms with Crippen LogP contribution in [-0.4, -0.2) is 8.07 Å². The fourth-order valence-corrected chi connectivity index (χ4v) is 3.69. The van der Waals surface area contributed by atoms with E-state index >= 15 is 0 Å². The van der Waals surface area contributed by atoms with Crippen molar-refractivity contribution in [2.24, 2.45) is 0 Å². The van der Waals surface area contributed by atoms with Crippen molar-refractivity contribution in [1.29, 1.82) is 0 Å². The van der Waals surface area contributed by atoms with Crippen LogP contribution in [0.4, 0.5) is 0 Å². The second-order valence-corrected chi connectivity index (χ2v) is 10.6. The molecule has 0 aliphatic heterocycles. The maximum Gasteiger partial charge on any atom is 0.0728 e. The van der Waals surface area contributed by atoms with Crippen LogP contribution in [0.1, 0.15) is 32.1 Å². The SMILES string of the molecule is C[Si](C)(C)C1=CC2=C(CCCC2)C1. The highest BCUT2D eigenvalue weighted by atomic mass is 28.3. The normalized spacial score (nSPS) is 23.2. The lowest BCUT2D eigenvalue weighted by Crippen LogP contribution is -2.23. The summed E-state index contributed by atoms with van der Waals surface area (Å²) in [5, 5.41) is 1.79. The van der Waals surface area contributed by atoms with Crippen molar-refractivity contribution in [2.75, 3.05) is 0 Å². The number of allylic oxidation sites excluding steroid dienone is 4. The minimum atomic E-state index is -0.993. The smallest absolute Gasteiger partial charge is 0.0728 e. The van der Waals surface area contributed by atoms with Crippen LogP contribution in [0.5, 0.6) is 0 Å². The van der Waals surface area contributed by atoms with E-state index in [-0.39, 0.29) is 0 Å².